The fourth-order valence-corrected chi connectivity index (χ4v) is 2.68. The molecule has 0 radical (unpaired) electrons. The summed E-state index contributed by atoms with van der Waals surface area (Å²) in [5.74, 6) is -0.854. The summed E-state index contributed by atoms with van der Waals surface area (Å²) in [7, 11) is 0. The maximum atomic E-state index is 12.1. The van der Waals surface area contributed by atoms with Gasteiger partial charge >= 0.3 is 0 Å². The number of aryl methyl sites for hydroxylation is 2. The number of benzene rings is 1. The number of fused-ring (bicyclic) bond motifs is 1. The Morgan fingerprint density at radius 2 is 1.95 bits per heavy atom. The predicted octanol–water partition coefficient (Wildman–Crippen LogP) is 1.73. The summed E-state index contributed by atoms with van der Waals surface area (Å²) < 4.78 is 1.75. The van der Waals surface area contributed by atoms with Crippen molar-refractivity contribution in [3.8, 4) is 0 Å². The van der Waals surface area contributed by atoms with E-state index in [1.807, 2.05) is 32.2 Å². The molecule has 0 atom stereocenters. The second-order valence-electron chi connectivity index (χ2n) is 5.03. The van der Waals surface area contributed by atoms with E-state index in [1.165, 1.54) is 0 Å². The van der Waals surface area contributed by atoms with Crippen LogP contribution in [0.25, 0.3) is 0 Å². The summed E-state index contributed by atoms with van der Waals surface area (Å²) in [6.07, 6.45) is 3.53. The van der Waals surface area contributed by atoms with Crippen LogP contribution < -0.4 is 4.90 Å². The van der Waals surface area contributed by atoms with Gasteiger partial charge in [-0.25, -0.2) is 0 Å². The van der Waals surface area contributed by atoms with Crippen LogP contribution in [0.5, 0.6) is 0 Å². The Labute approximate surface area is 116 Å². The number of nitrogens with zero attached hydrogens (tertiary/aromatic N) is 3. The normalized spacial score (nSPS) is 14.0. The van der Waals surface area contributed by atoms with Gasteiger partial charge < -0.3 is 4.90 Å². The molecule has 102 valence electrons. The number of Topliss-reactive ketones (excluding diaryl/α,β-unsaturated/α-hetero) is 1. The molecule has 0 saturated heterocycles. The van der Waals surface area contributed by atoms with Crippen LogP contribution in [0.1, 0.15) is 21.5 Å². The molecule has 20 heavy (non-hydrogen) atoms. The molecule has 5 nitrogen and oxygen atoms in total. The molecule has 0 saturated carbocycles. The predicted molar refractivity (Wildman–Crippen MR) is 74.8 cm³/mol. The van der Waals surface area contributed by atoms with Gasteiger partial charge in [-0.1, -0.05) is 6.07 Å². The van der Waals surface area contributed by atoms with Crippen molar-refractivity contribution in [2.24, 2.45) is 0 Å². The van der Waals surface area contributed by atoms with Crippen molar-refractivity contribution < 1.29 is 9.59 Å². The topological polar surface area (TPSA) is 55.2 Å². The van der Waals surface area contributed by atoms with Gasteiger partial charge in [0.25, 0.3) is 11.7 Å². The number of aromatic nitrogens is 2. The fraction of sp³-hybridized carbons (Fsp3) is 0.267. The highest BCUT2D eigenvalue weighted by atomic mass is 16.2. The van der Waals surface area contributed by atoms with E-state index in [0.717, 1.165) is 16.8 Å². The molecular formula is C15H15N3O2. The maximum absolute atomic E-state index is 12.1. The van der Waals surface area contributed by atoms with Crippen LogP contribution in [0, 0.1) is 13.8 Å². The van der Waals surface area contributed by atoms with Gasteiger partial charge in [0.15, 0.2) is 0 Å². The van der Waals surface area contributed by atoms with Crippen molar-refractivity contribution in [3.63, 3.8) is 0 Å². The van der Waals surface area contributed by atoms with Crippen LogP contribution in [0.4, 0.5) is 5.69 Å². The molecule has 1 aromatic heterocycles. The Balaban J connectivity index is 1.93. The molecule has 2 heterocycles. The minimum atomic E-state index is -0.444. The Morgan fingerprint density at radius 1 is 1.15 bits per heavy atom. The summed E-state index contributed by atoms with van der Waals surface area (Å²) >= 11 is 0. The highest BCUT2D eigenvalue weighted by molar-refractivity contribution is 6.52. The van der Waals surface area contributed by atoms with Crippen LogP contribution in [-0.4, -0.2) is 28.0 Å². The molecule has 1 amide bonds. The molecule has 3 rings (SSSR count). The average Bonchev–Trinajstić information content (AvgIpc) is 2.98. The summed E-state index contributed by atoms with van der Waals surface area (Å²) in [6.45, 7) is 4.87. The number of ketones is 1. The van der Waals surface area contributed by atoms with Gasteiger partial charge in [-0.15, -0.1) is 0 Å². The smallest absolute Gasteiger partial charge is 0.299 e. The zero-order chi connectivity index (χ0) is 14.3. The second-order valence-corrected chi connectivity index (χ2v) is 5.03. The van der Waals surface area contributed by atoms with Crippen molar-refractivity contribution >= 4 is 17.4 Å². The third kappa shape index (κ3) is 1.91. The lowest BCUT2D eigenvalue weighted by Crippen LogP contribution is -2.33. The summed E-state index contributed by atoms with van der Waals surface area (Å²) in [6, 6.07) is 5.61. The molecule has 2 aromatic rings. The van der Waals surface area contributed by atoms with Gasteiger partial charge in [0, 0.05) is 18.9 Å². The molecule has 0 bridgehead atoms. The Hall–Kier alpha value is -2.43. The molecule has 0 N–H and O–H groups in total. The minimum Gasteiger partial charge on any atom is -0.303 e. The number of amides is 1. The highest BCUT2D eigenvalue weighted by Gasteiger charge is 2.36. The standard InChI is InChI=1S/C15H15N3O2/c1-10-8-11(2)13-12(9-10)14(19)15(20)18(13)7-6-17-5-3-4-16-17/h3-5,8-9H,6-7H2,1-2H3. The molecule has 1 aliphatic heterocycles. The molecule has 5 heteroatoms. The van der Waals surface area contributed by atoms with Crippen molar-refractivity contribution in [1.29, 1.82) is 0 Å². The zero-order valence-corrected chi connectivity index (χ0v) is 11.5. The van der Waals surface area contributed by atoms with Crippen LogP contribution in [0.2, 0.25) is 0 Å². The Bertz CT molecular complexity index is 689. The van der Waals surface area contributed by atoms with Crippen molar-refractivity contribution in [3.05, 3.63) is 47.3 Å². The van der Waals surface area contributed by atoms with Crippen LogP contribution in [0.15, 0.2) is 30.6 Å². The van der Waals surface area contributed by atoms with Crippen molar-refractivity contribution in [1.82, 2.24) is 9.78 Å². The van der Waals surface area contributed by atoms with E-state index < -0.39 is 11.7 Å². The van der Waals surface area contributed by atoms with Gasteiger partial charge in [-0.2, -0.15) is 5.10 Å². The third-order valence-electron chi connectivity index (χ3n) is 3.51. The van der Waals surface area contributed by atoms with E-state index in [4.69, 9.17) is 0 Å². The van der Waals surface area contributed by atoms with E-state index in [2.05, 4.69) is 5.10 Å². The molecular weight excluding hydrogens is 254 g/mol. The Kier molecular flexibility index (Phi) is 2.89. The number of rotatable bonds is 3. The largest absolute Gasteiger partial charge is 0.303 e. The number of anilines is 1. The minimum absolute atomic E-state index is 0.410. The molecule has 0 fully saturated rings. The van der Waals surface area contributed by atoms with Crippen LogP contribution in [0.3, 0.4) is 0 Å². The van der Waals surface area contributed by atoms with Gasteiger partial charge in [0.2, 0.25) is 0 Å². The third-order valence-corrected chi connectivity index (χ3v) is 3.51. The van der Waals surface area contributed by atoms with Crippen molar-refractivity contribution in [2.45, 2.75) is 20.4 Å². The lowest BCUT2D eigenvalue weighted by molar-refractivity contribution is -0.114. The summed E-state index contributed by atoms with van der Waals surface area (Å²) in [5, 5.41) is 4.11. The molecule has 1 aromatic carbocycles. The van der Waals surface area contributed by atoms with Crippen LogP contribution >= 0.6 is 0 Å². The molecule has 0 spiro atoms. The first-order chi connectivity index (χ1) is 9.58. The Morgan fingerprint density at radius 3 is 2.65 bits per heavy atom. The van der Waals surface area contributed by atoms with E-state index in [1.54, 1.807) is 21.8 Å². The second kappa shape index (κ2) is 4.59. The van der Waals surface area contributed by atoms with Crippen molar-refractivity contribution in [2.75, 3.05) is 11.4 Å². The first kappa shape index (κ1) is 12.6. The van der Waals surface area contributed by atoms with Gasteiger partial charge in [-0.05, 0) is 37.1 Å². The fourth-order valence-electron chi connectivity index (χ4n) is 2.68. The molecule has 0 aliphatic carbocycles. The number of hydrogen-bond donors (Lipinski definition) is 0. The van der Waals surface area contributed by atoms with Crippen LogP contribution in [-0.2, 0) is 11.3 Å². The molecule has 1 aliphatic rings. The first-order valence-electron chi connectivity index (χ1n) is 6.53. The van der Waals surface area contributed by atoms with Gasteiger partial charge in [0.1, 0.15) is 0 Å². The van der Waals surface area contributed by atoms with E-state index in [-0.39, 0.29) is 0 Å². The van der Waals surface area contributed by atoms with E-state index >= 15 is 0 Å². The summed E-state index contributed by atoms with van der Waals surface area (Å²) in [5.41, 5.74) is 3.22. The maximum Gasteiger partial charge on any atom is 0.299 e. The quantitative estimate of drug-likeness (QED) is 0.797. The SMILES string of the molecule is Cc1cc(C)c2c(c1)C(=O)C(=O)N2CCn1cccn1. The average molecular weight is 269 g/mol. The van der Waals surface area contributed by atoms with Gasteiger partial charge in [-0.3, -0.25) is 14.3 Å². The summed E-state index contributed by atoms with van der Waals surface area (Å²) in [4.78, 5) is 25.8. The number of carbonyl (C=O) groups excluding carboxylic acids is 2. The van der Waals surface area contributed by atoms with Gasteiger partial charge in [0.05, 0.1) is 17.8 Å². The lowest BCUT2D eigenvalue weighted by Gasteiger charge is -2.18. The zero-order valence-electron chi connectivity index (χ0n) is 11.5. The monoisotopic (exact) mass is 269 g/mol. The molecule has 0 unspecified atom stereocenters. The number of carbonyl (C=O) groups is 2. The number of hydrogen-bond acceptors (Lipinski definition) is 3. The lowest BCUT2D eigenvalue weighted by atomic mass is 10.0. The highest BCUT2D eigenvalue weighted by Crippen LogP contribution is 2.33. The first-order valence-corrected chi connectivity index (χ1v) is 6.53. The van der Waals surface area contributed by atoms with E-state index in [9.17, 15) is 9.59 Å². The van der Waals surface area contributed by atoms with E-state index in [0.29, 0.717) is 18.7 Å².